The summed E-state index contributed by atoms with van der Waals surface area (Å²) in [5.41, 5.74) is -1.25. The lowest BCUT2D eigenvalue weighted by Crippen LogP contribution is -2.44. The summed E-state index contributed by atoms with van der Waals surface area (Å²) in [5, 5.41) is 5.45. The summed E-state index contributed by atoms with van der Waals surface area (Å²) in [7, 11) is 0. The fourth-order valence-electron chi connectivity index (χ4n) is 2.23. The number of rotatable bonds is 4. The fourth-order valence-corrected chi connectivity index (χ4v) is 2.23. The minimum absolute atomic E-state index is 0.0939. The van der Waals surface area contributed by atoms with Crippen molar-refractivity contribution in [3.05, 3.63) is 35.1 Å². The minimum atomic E-state index is -4.59. The van der Waals surface area contributed by atoms with E-state index in [0.717, 1.165) is 12.1 Å². The van der Waals surface area contributed by atoms with Gasteiger partial charge in [-0.05, 0) is 23.8 Å². The van der Waals surface area contributed by atoms with Crippen LogP contribution in [0.5, 0.6) is 0 Å². The zero-order valence-electron chi connectivity index (χ0n) is 11.7. The van der Waals surface area contributed by atoms with E-state index in [4.69, 9.17) is 4.74 Å². The summed E-state index contributed by atoms with van der Waals surface area (Å²) in [5.74, 6) is -1.19. The maximum Gasteiger partial charge on any atom is 0.416 e. The normalized spacial score (nSPS) is 19.0. The second-order valence-electron chi connectivity index (χ2n) is 5.01. The summed E-state index contributed by atoms with van der Waals surface area (Å²) < 4.78 is 56.8. The Morgan fingerprint density at radius 1 is 1.41 bits per heavy atom. The van der Waals surface area contributed by atoms with Gasteiger partial charge in [-0.25, -0.2) is 4.39 Å². The molecule has 8 heteroatoms. The van der Waals surface area contributed by atoms with Gasteiger partial charge in [-0.2, -0.15) is 13.2 Å². The van der Waals surface area contributed by atoms with Crippen LogP contribution >= 0.6 is 0 Å². The zero-order valence-corrected chi connectivity index (χ0v) is 11.7. The van der Waals surface area contributed by atoms with Crippen molar-refractivity contribution in [3.8, 4) is 0 Å². The van der Waals surface area contributed by atoms with Crippen molar-refractivity contribution in [1.82, 2.24) is 10.6 Å². The molecule has 1 aromatic carbocycles. The topological polar surface area (TPSA) is 50.4 Å². The van der Waals surface area contributed by atoms with Crippen molar-refractivity contribution < 1.29 is 27.1 Å². The number of hydrogen-bond donors (Lipinski definition) is 2. The van der Waals surface area contributed by atoms with Gasteiger partial charge in [0.2, 0.25) is 5.91 Å². The molecule has 1 atom stereocenters. The summed E-state index contributed by atoms with van der Waals surface area (Å²) >= 11 is 0. The molecule has 0 radical (unpaired) electrons. The van der Waals surface area contributed by atoms with Crippen LogP contribution in [0.4, 0.5) is 17.6 Å². The Morgan fingerprint density at radius 3 is 2.82 bits per heavy atom. The zero-order chi connectivity index (χ0) is 16.2. The molecule has 122 valence electrons. The molecule has 0 aromatic heterocycles. The number of nitrogens with one attached hydrogen (secondary N) is 2. The van der Waals surface area contributed by atoms with Crippen LogP contribution in [0.3, 0.4) is 0 Å². The third kappa shape index (κ3) is 4.67. The molecule has 22 heavy (non-hydrogen) atoms. The molecule has 1 aliphatic heterocycles. The number of alkyl halides is 3. The van der Waals surface area contributed by atoms with Crippen LogP contribution in [-0.2, 0) is 22.3 Å². The Bertz CT molecular complexity index is 528. The molecule has 1 saturated heterocycles. The van der Waals surface area contributed by atoms with Gasteiger partial charge < -0.3 is 15.4 Å². The predicted molar refractivity (Wildman–Crippen MR) is 70.5 cm³/mol. The highest BCUT2D eigenvalue weighted by Crippen LogP contribution is 2.32. The Kier molecular flexibility index (Phi) is 5.36. The number of amides is 1. The van der Waals surface area contributed by atoms with Crippen molar-refractivity contribution in [1.29, 1.82) is 0 Å². The van der Waals surface area contributed by atoms with Crippen LogP contribution in [0.25, 0.3) is 0 Å². The van der Waals surface area contributed by atoms with Crippen molar-refractivity contribution in [2.24, 2.45) is 0 Å². The largest absolute Gasteiger partial charge is 0.416 e. The van der Waals surface area contributed by atoms with Crippen LogP contribution in [-0.4, -0.2) is 31.7 Å². The van der Waals surface area contributed by atoms with Gasteiger partial charge in [0, 0.05) is 25.6 Å². The smallest absolute Gasteiger partial charge is 0.378 e. The maximum absolute atomic E-state index is 13.1. The molecule has 0 saturated carbocycles. The summed E-state index contributed by atoms with van der Waals surface area (Å²) in [6.45, 7) is 1.19. The number of ether oxygens (including phenoxy) is 1. The lowest BCUT2D eigenvalue weighted by atomic mass is 10.1. The highest BCUT2D eigenvalue weighted by atomic mass is 19.4. The molecular weight excluding hydrogens is 304 g/mol. The molecule has 1 fully saturated rings. The quantitative estimate of drug-likeness (QED) is 0.833. The highest BCUT2D eigenvalue weighted by Gasteiger charge is 2.33. The van der Waals surface area contributed by atoms with E-state index in [9.17, 15) is 22.4 Å². The van der Waals surface area contributed by atoms with Gasteiger partial charge in [-0.3, -0.25) is 4.79 Å². The molecular formula is C14H16F4N2O2. The van der Waals surface area contributed by atoms with Gasteiger partial charge in [0.15, 0.2) is 0 Å². The van der Waals surface area contributed by atoms with E-state index < -0.39 is 23.5 Å². The Balaban J connectivity index is 1.95. The van der Waals surface area contributed by atoms with E-state index in [2.05, 4.69) is 10.6 Å². The van der Waals surface area contributed by atoms with Crippen molar-refractivity contribution in [3.63, 3.8) is 0 Å². The first-order chi connectivity index (χ1) is 10.4. The van der Waals surface area contributed by atoms with E-state index in [-0.39, 0.29) is 24.6 Å². The van der Waals surface area contributed by atoms with E-state index in [1.807, 2.05) is 0 Å². The molecule has 0 aliphatic carbocycles. The SMILES string of the molecule is O=C(C[C@@H]1COCCN1)NCc1cc(F)ccc1C(F)(F)F. The van der Waals surface area contributed by atoms with Gasteiger partial charge >= 0.3 is 6.18 Å². The molecule has 1 aromatic rings. The average Bonchev–Trinajstić information content (AvgIpc) is 2.45. The monoisotopic (exact) mass is 320 g/mol. The molecule has 1 aliphatic rings. The number of benzene rings is 1. The Labute approximate surface area is 124 Å². The molecule has 0 unspecified atom stereocenters. The number of morpholine rings is 1. The van der Waals surface area contributed by atoms with E-state index in [1.165, 1.54) is 0 Å². The highest BCUT2D eigenvalue weighted by molar-refractivity contribution is 5.76. The maximum atomic E-state index is 13.1. The van der Waals surface area contributed by atoms with Crippen molar-refractivity contribution in [2.75, 3.05) is 19.8 Å². The Hall–Kier alpha value is -1.67. The van der Waals surface area contributed by atoms with Crippen LogP contribution in [0.2, 0.25) is 0 Å². The van der Waals surface area contributed by atoms with Gasteiger partial charge in [-0.15, -0.1) is 0 Å². The van der Waals surface area contributed by atoms with Crippen molar-refractivity contribution in [2.45, 2.75) is 25.2 Å². The van der Waals surface area contributed by atoms with Gasteiger partial charge in [-0.1, -0.05) is 0 Å². The van der Waals surface area contributed by atoms with Crippen LogP contribution in [0, 0.1) is 5.82 Å². The van der Waals surface area contributed by atoms with Crippen molar-refractivity contribution >= 4 is 5.91 Å². The summed E-state index contributed by atoms with van der Waals surface area (Å²) in [6.07, 6.45) is -4.50. The van der Waals surface area contributed by atoms with E-state index in [0.29, 0.717) is 25.8 Å². The lowest BCUT2D eigenvalue weighted by Gasteiger charge is -2.23. The third-order valence-electron chi connectivity index (χ3n) is 3.28. The average molecular weight is 320 g/mol. The molecule has 0 bridgehead atoms. The molecule has 4 nitrogen and oxygen atoms in total. The van der Waals surface area contributed by atoms with Crippen LogP contribution < -0.4 is 10.6 Å². The summed E-state index contributed by atoms with van der Waals surface area (Å²) in [6, 6.07) is 2.04. The molecule has 1 heterocycles. The first-order valence-corrected chi connectivity index (χ1v) is 6.79. The van der Waals surface area contributed by atoms with Gasteiger partial charge in [0.05, 0.1) is 18.8 Å². The molecule has 2 N–H and O–H groups in total. The number of hydrogen-bond acceptors (Lipinski definition) is 3. The second kappa shape index (κ2) is 7.06. The van der Waals surface area contributed by atoms with E-state index >= 15 is 0 Å². The standard InChI is InChI=1S/C14H16F4N2O2/c15-10-1-2-12(14(16,17)18)9(5-10)7-20-13(21)6-11-8-22-4-3-19-11/h1-2,5,11,19H,3-4,6-8H2,(H,20,21)/t11-/m1/s1. The number of carbonyl (C=O) groups excluding carboxylic acids is 1. The molecule has 0 spiro atoms. The third-order valence-corrected chi connectivity index (χ3v) is 3.28. The van der Waals surface area contributed by atoms with Gasteiger partial charge in [0.25, 0.3) is 0 Å². The first kappa shape index (κ1) is 16.7. The fraction of sp³-hybridized carbons (Fsp3) is 0.500. The summed E-state index contributed by atoms with van der Waals surface area (Å²) in [4.78, 5) is 11.7. The first-order valence-electron chi connectivity index (χ1n) is 6.79. The minimum Gasteiger partial charge on any atom is -0.378 e. The lowest BCUT2D eigenvalue weighted by molar-refractivity contribution is -0.138. The predicted octanol–water partition coefficient (Wildman–Crippen LogP) is 1.84. The molecule has 1 amide bonds. The molecule has 2 rings (SSSR count). The number of halogens is 4. The Morgan fingerprint density at radius 2 is 2.18 bits per heavy atom. The number of carbonyl (C=O) groups is 1. The van der Waals surface area contributed by atoms with Gasteiger partial charge in [0.1, 0.15) is 5.82 Å². The van der Waals surface area contributed by atoms with E-state index in [1.54, 1.807) is 0 Å². The van der Waals surface area contributed by atoms with Crippen LogP contribution in [0.1, 0.15) is 17.5 Å². The van der Waals surface area contributed by atoms with Crippen LogP contribution in [0.15, 0.2) is 18.2 Å². The second-order valence-corrected chi connectivity index (χ2v) is 5.01.